The highest BCUT2D eigenvalue weighted by atomic mass is 32.2. The summed E-state index contributed by atoms with van der Waals surface area (Å²) in [5.74, 6) is 1.07. The molecule has 0 bridgehead atoms. The fourth-order valence-corrected chi connectivity index (χ4v) is 5.34. The summed E-state index contributed by atoms with van der Waals surface area (Å²) in [6, 6.07) is 14.9. The van der Waals surface area contributed by atoms with Gasteiger partial charge in [0.05, 0.1) is 18.1 Å². The quantitative estimate of drug-likeness (QED) is 0.408. The smallest absolute Gasteiger partial charge is 0.241 e. The molecular weight excluding hydrogens is 476 g/mol. The van der Waals surface area contributed by atoms with E-state index in [0.717, 1.165) is 49.7 Å². The van der Waals surface area contributed by atoms with E-state index in [0.29, 0.717) is 17.5 Å². The monoisotopic (exact) mass is 510 g/mol. The van der Waals surface area contributed by atoms with E-state index in [1.165, 1.54) is 0 Å². The molecule has 0 spiro atoms. The maximum Gasteiger partial charge on any atom is 0.241 e. The molecule has 1 saturated heterocycles. The van der Waals surface area contributed by atoms with Gasteiger partial charge in [-0.2, -0.15) is 4.98 Å². The maximum atomic E-state index is 12.8. The van der Waals surface area contributed by atoms with Gasteiger partial charge in [-0.05, 0) is 69.7 Å². The van der Waals surface area contributed by atoms with Crippen LogP contribution in [-0.2, 0) is 21.2 Å². The molecule has 0 radical (unpaired) electrons. The molecule has 2 aromatic carbocycles. The summed E-state index contributed by atoms with van der Waals surface area (Å²) < 4.78 is 33.7. The number of anilines is 5. The van der Waals surface area contributed by atoms with E-state index in [1.807, 2.05) is 45.9 Å². The molecule has 0 saturated carbocycles. The molecule has 4 rings (SSSR count). The van der Waals surface area contributed by atoms with Gasteiger partial charge in [-0.1, -0.05) is 13.0 Å². The van der Waals surface area contributed by atoms with E-state index in [-0.39, 0.29) is 4.90 Å². The maximum absolute atomic E-state index is 12.8. The molecule has 10 heteroatoms. The Hall–Kier alpha value is -3.21. The van der Waals surface area contributed by atoms with E-state index in [9.17, 15) is 8.42 Å². The highest BCUT2D eigenvalue weighted by Gasteiger charge is 2.22. The van der Waals surface area contributed by atoms with E-state index in [1.54, 1.807) is 24.4 Å². The first-order valence-corrected chi connectivity index (χ1v) is 13.6. The first-order valence-electron chi connectivity index (χ1n) is 12.1. The van der Waals surface area contributed by atoms with Crippen molar-refractivity contribution in [2.45, 2.75) is 44.6 Å². The molecule has 1 aromatic heterocycles. The molecule has 0 aliphatic carbocycles. The van der Waals surface area contributed by atoms with Crippen molar-refractivity contribution in [3.63, 3.8) is 0 Å². The number of aromatic nitrogens is 2. The minimum Gasteiger partial charge on any atom is -0.378 e. The third-order valence-electron chi connectivity index (χ3n) is 5.59. The fraction of sp³-hybridized carbons (Fsp3) is 0.385. The summed E-state index contributed by atoms with van der Waals surface area (Å²) in [4.78, 5) is 11.6. The minimum atomic E-state index is -3.65. The number of rotatable bonds is 8. The van der Waals surface area contributed by atoms with Gasteiger partial charge < -0.3 is 20.3 Å². The number of hydrogen-bond acceptors (Lipinski definition) is 8. The number of aryl methyl sites for hydroxylation is 1. The Morgan fingerprint density at radius 3 is 2.39 bits per heavy atom. The van der Waals surface area contributed by atoms with Crippen molar-refractivity contribution in [2.75, 3.05) is 41.8 Å². The second kappa shape index (κ2) is 10.8. The lowest BCUT2D eigenvalue weighted by atomic mass is 10.1. The van der Waals surface area contributed by atoms with E-state index in [2.05, 4.69) is 42.4 Å². The first kappa shape index (κ1) is 25.9. The Bertz CT molecular complexity index is 1280. The molecule has 9 nitrogen and oxygen atoms in total. The SMILES string of the molecule is CCc1cnc(Nc2ccc(N3CCOCC3)cc2)nc1Nc1cccc(S(=O)(=O)NC(C)(C)C)c1. The van der Waals surface area contributed by atoms with Gasteiger partial charge in [0.15, 0.2) is 0 Å². The van der Waals surface area contributed by atoms with Gasteiger partial charge in [0.1, 0.15) is 5.82 Å². The molecule has 3 N–H and O–H groups in total. The molecule has 2 heterocycles. The summed E-state index contributed by atoms with van der Waals surface area (Å²) in [5.41, 5.74) is 3.00. The minimum absolute atomic E-state index is 0.188. The van der Waals surface area contributed by atoms with Crippen molar-refractivity contribution in [1.82, 2.24) is 14.7 Å². The molecule has 1 fully saturated rings. The van der Waals surface area contributed by atoms with Crippen LogP contribution in [0.2, 0.25) is 0 Å². The van der Waals surface area contributed by atoms with Crippen LogP contribution in [0.3, 0.4) is 0 Å². The predicted molar refractivity (Wildman–Crippen MR) is 144 cm³/mol. The van der Waals surface area contributed by atoms with E-state index in [4.69, 9.17) is 4.74 Å². The summed E-state index contributed by atoms with van der Waals surface area (Å²) in [7, 11) is -3.65. The van der Waals surface area contributed by atoms with Gasteiger partial charge in [-0.15, -0.1) is 0 Å². The average molecular weight is 511 g/mol. The normalized spacial score (nSPS) is 14.5. The molecule has 36 heavy (non-hydrogen) atoms. The van der Waals surface area contributed by atoms with Crippen molar-refractivity contribution in [1.29, 1.82) is 0 Å². The number of hydrogen-bond donors (Lipinski definition) is 3. The third kappa shape index (κ3) is 6.71. The molecular formula is C26H34N6O3S. The molecule has 0 amide bonds. The highest BCUT2D eigenvalue weighted by molar-refractivity contribution is 7.89. The van der Waals surface area contributed by atoms with Crippen LogP contribution in [0, 0.1) is 0 Å². The third-order valence-corrected chi connectivity index (χ3v) is 7.35. The Morgan fingerprint density at radius 1 is 1.00 bits per heavy atom. The predicted octanol–water partition coefficient (Wildman–Crippen LogP) is 4.44. The van der Waals surface area contributed by atoms with E-state index < -0.39 is 15.6 Å². The van der Waals surface area contributed by atoms with Gasteiger partial charge in [0.25, 0.3) is 0 Å². The Labute approximate surface area is 213 Å². The zero-order valence-electron chi connectivity index (χ0n) is 21.2. The van der Waals surface area contributed by atoms with Gasteiger partial charge in [-0.3, -0.25) is 0 Å². The number of nitrogens with one attached hydrogen (secondary N) is 3. The summed E-state index contributed by atoms with van der Waals surface area (Å²) in [5, 5.41) is 6.54. The van der Waals surface area contributed by atoms with Crippen molar-refractivity contribution in [2.24, 2.45) is 0 Å². The molecule has 3 aromatic rings. The second-order valence-electron chi connectivity index (χ2n) is 9.70. The number of morpholine rings is 1. The largest absolute Gasteiger partial charge is 0.378 e. The number of sulfonamides is 1. The van der Waals surface area contributed by atoms with Crippen LogP contribution in [0.5, 0.6) is 0 Å². The van der Waals surface area contributed by atoms with Crippen molar-refractivity contribution in [3.8, 4) is 0 Å². The second-order valence-corrected chi connectivity index (χ2v) is 11.4. The van der Waals surface area contributed by atoms with Crippen LogP contribution < -0.4 is 20.3 Å². The summed E-state index contributed by atoms with van der Waals surface area (Å²) in [6.45, 7) is 10.7. The Kier molecular flexibility index (Phi) is 7.77. The van der Waals surface area contributed by atoms with Crippen LogP contribution in [-0.4, -0.2) is 50.2 Å². The fourth-order valence-electron chi connectivity index (χ4n) is 3.88. The summed E-state index contributed by atoms with van der Waals surface area (Å²) >= 11 is 0. The molecule has 0 atom stereocenters. The van der Waals surface area contributed by atoms with Gasteiger partial charge in [0.2, 0.25) is 16.0 Å². The molecule has 0 unspecified atom stereocenters. The van der Waals surface area contributed by atoms with Crippen LogP contribution in [0.4, 0.5) is 28.8 Å². The van der Waals surface area contributed by atoms with Crippen LogP contribution in [0.25, 0.3) is 0 Å². The van der Waals surface area contributed by atoms with Crippen molar-refractivity contribution >= 4 is 38.9 Å². The molecule has 1 aliphatic rings. The van der Waals surface area contributed by atoms with Crippen LogP contribution in [0.1, 0.15) is 33.3 Å². The number of ether oxygens (including phenoxy) is 1. The Balaban J connectivity index is 1.51. The van der Waals surface area contributed by atoms with Gasteiger partial charge in [-0.25, -0.2) is 18.1 Å². The standard InChI is InChI=1S/C26H34N6O3S/c1-5-19-18-27-25(29-20-9-11-22(12-10-20)32-13-15-35-16-14-32)30-24(19)28-21-7-6-8-23(17-21)36(33,34)31-26(2,3)4/h6-12,17-18,31H,5,13-16H2,1-4H3,(H2,27,28,29,30). The number of benzene rings is 2. The topological polar surface area (TPSA) is 108 Å². The molecule has 192 valence electrons. The summed E-state index contributed by atoms with van der Waals surface area (Å²) in [6.07, 6.45) is 2.50. The van der Waals surface area contributed by atoms with Gasteiger partial charge >= 0.3 is 0 Å². The number of nitrogens with zero attached hydrogens (tertiary/aromatic N) is 3. The Morgan fingerprint density at radius 2 is 1.72 bits per heavy atom. The van der Waals surface area contributed by atoms with Crippen LogP contribution >= 0.6 is 0 Å². The lowest BCUT2D eigenvalue weighted by Crippen LogP contribution is -2.40. The average Bonchev–Trinajstić information content (AvgIpc) is 2.84. The lowest BCUT2D eigenvalue weighted by molar-refractivity contribution is 0.122. The molecule has 1 aliphatic heterocycles. The van der Waals surface area contributed by atoms with E-state index >= 15 is 0 Å². The van der Waals surface area contributed by atoms with Crippen LogP contribution in [0.15, 0.2) is 59.6 Å². The van der Waals surface area contributed by atoms with Gasteiger partial charge in [0, 0.05) is 47.5 Å². The van der Waals surface area contributed by atoms with Crippen molar-refractivity contribution < 1.29 is 13.2 Å². The highest BCUT2D eigenvalue weighted by Crippen LogP contribution is 2.25. The zero-order valence-corrected chi connectivity index (χ0v) is 22.0. The van der Waals surface area contributed by atoms with Crippen molar-refractivity contribution in [3.05, 3.63) is 60.3 Å². The lowest BCUT2D eigenvalue weighted by Gasteiger charge is -2.28. The zero-order chi connectivity index (χ0) is 25.8. The first-order chi connectivity index (χ1) is 17.1.